The van der Waals surface area contributed by atoms with Crippen LogP contribution >= 0.6 is 15.9 Å². The second-order valence-electron chi connectivity index (χ2n) is 6.28. The third kappa shape index (κ3) is 6.50. The molecular weight excluding hydrogens is 348 g/mol. The molecule has 2 nitrogen and oxygen atoms in total. The third-order valence-electron chi connectivity index (χ3n) is 4.32. The van der Waals surface area contributed by atoms with Gasteiger partial charge in [-0.3, -0.25) is 0 Å². The molecule has 0 unspecified atom stereocenters. The van der Waals surface area contributed by atoms with E-state index in [1.807, 2.05) is 6.20 Å². The first-order valence-electron chi connectivity index (χ1n) is 9.08. The van der Waals surface area contributed by atoms with Crippen LogP contribution in [0.25, 0.3) is 11.4 Å². The van der Waals surface area contributed by atoms with Gasteiger partial charge in [0, 0.05) is 29.0 Å². The van der Waals surface area contributed by atoms with Crippen molar-refractivity contribution in [1.82, 2.24) is 9.55 Å². The van der Waals surface area contributed by atoms with E-state index in [0.29, 0.717) is 0 Å². The predicted octanol–water partition coefficient (Wildman–Crippen LogP) is 6.84. The normalized spacial score (nSPS) is 11.0. The Morgan fingerprint density at radius 2 is 1.48 bits per heavy atom. The van der Waals surface area contributed by atoms with Crippen molar-refractivity contribution in [1.29, 1.82) is 0 Å². The van der Waals surface area contributed by atoms with Crippen molar-refractivity contribution in [3.8, 4) is 11.4 Å². The highest BCUT2D eigenvalue weighted by atomic mass is 79.9. The highest BCUT2D eigenvalue weighted by molar-refractivity contribution is 9.10. The van der Waals surface area contributed by atoms with Crippen molar-refractivity contribution in [3.05, 3.63) is 41.1 Å². The number of rotatable bonds is 11. The van der Waals surface area contributed by atoms with Gasteiger partial charge in [-0.05, 0) is 18.6 Å². The number of aromatic nitrogens is 2. The van der Waals surface area contributed by atoms with Crippen molar-refractivity contribution < 1.29 is 0 Å². The van der Waals surface area contributed by atoms with Gasteiger partial charge in [0.05, 0.1) is 0 Å². The molecule has 0 aliphatic heterocycles. The second kappa shape index (κ2) is 10.6. The zero-order chi connectivity index (χ0) is 16.3. The zero-order valence-electron chi connectivity index (χ0n) is 14.3. The summed E-state index contributed by atoms with van der Waals surface area (Å²) < 4.78 is 3.39. The van der Waals surface area contributed by atoms with Crippen LogP contribution in [0.2, 0.25) is 0 Å². The first-order valence-corrected chi connectivity index (χ1v) is 9.87. The molecule has 1 aromatic carbocycles. The topological polar surface area (TPSA) is 17.8 Å². The first-order chi connectivity index (χ1) is 11.3. The molecule has 0 fully saturated rings. The Morgan fingerprint density at radius 1 is 0.870 bits per heavy atom. The minimum atomic E-state index is 1.07. The Bertz CT molecular complexity index is 545. The summed E-state index contributed by atoms with van der Waals surface area (Å²) in [5.74, 6) is 1.08. The number of imidazole rings is 1. The number of unbranched alkanes of at least 4 members (excludes halogenated alkanes) is 8. The van der Waals surface area contributed by atoms with Crippen LogP contribution in [0.15, 0.2) is 41.1 Å². The molecule has 0 saturated carbocycles. The van der Waals surface area contributed by atoms with Crippen molar-refractivity contribution in [2.24, 2.45) is 0 Å². The van der Waals surface area contributed by atoms with Gasteiger partial charge < -0.3 is 4.57 Å². The number of halogens is 1. The van der Waals surface area contributed by atoms with E-state index in [-0.39, 0.29) is 0 Å². The molecule has 0 spiro atoms. The Balaban J connectivity index is 1.67. The smallest absolute Gasteiger partial charge is 0.139 e. The summed E-state index contributed by atoms with van der Waals surface area (Å²) in [6.45, 7) is 3.35. The molecule has 0 N–H and O–H groups in total. The third-order valence-corrected chi connectivity index (χ3v) is 4.85. The lowest BCUT2D eigenvalue weighted by atomic mass is 10.1. The monoisotopic (exact) mass is 376 g/mol. The lowest BCUT2D eigenvalue weighted by Gasteiger charge is -2.08. The quantitative estimate of drug-likeness (QED) is 0.392. The van der Waals surface area contributed by atoms with Crippen LogP contribution in [-0.4, -0.2) is 9.55 Å². The van der Waals surface area contributed by atoms with Crippen LogP contribution in [0.1, 0.15) is 64.7 Å². The van der Waals surface area contributed by atoms with E-state index >= 15 is 0 Å². The van der Waals surface area contributed by atoms with Crippen LogP contribution in [0.4, 0.5) is 0 Å². The van der Waals surface area contributed by atoms with Crippen molar-refractivity contribution >= 4 is 15.9 Å². The van der Waals surface area contributed by atoms with Gasteiger partial charge in [0.15, 0.2) is 0 Å². The van der Waals surface area contributed by atoms with Gasteiger partial charge in [0.2, 0.25) is 0 Å². The number of hydrogen-bond acceptors (Lipinski definition) is 1. The van der Waals surface area contributed by atoms with Crippen molar-refractivity contribution in [3.63, 3.8) is 0 Å². The van der Waals surface area contributed by atoms with E-state index in [1.165, 1.54) is 63.4 Å². The second-order valence-corrected chi connectivity index (χ2v) is 7.20. The fourth-order valence-electron chi connectivity index (χ4n) is 2.94. The Kier molecular flexibility index (Phi) is 8.44. The molecule has 2 aromatic rings. The molecule has 0 atom stereocenters. The first kappa shape index (κ1) is 18.3. The van der Waals surface area contributed by atoms with E-state index < -0.39 is 0 Å². The molecule has 0 radical (unpaired) electrons. The molecule has 0 aliphatic rings. The summed E-state index contributed by atoms with van der Waals surface area (Å²) in [6, 6.07) is 8.40. The fourth-order valence-corrected chi connectivity index (χ4v) is 3.21. The Hall–Kier alpha value is -1.09. The molecule has 0 saturated heterocycles. The van der Waals surface area contributed by atoms with Crippen molar-refractivity contribution in [2.75, 3.05) is 0 Å². The number of aryl methyl sites for hydroxylation is 1. The molecule has 2 rings (SSSR count). The SMILES string of the molecule is CCCCCCCCCCCn1ccnc1-c1ccc(Br)cc1. The number of hydrogen-bond donors (Lipinski definition) is 0. The largest absolute Gasteiger partial charge is 0.331 e. The van der Waals surface area contributed by atoms with Gasteiger partial charge in [-0.15, -0.1) is 0 Å². The zero-order valence-corrected chi connectivity index (χ0v) is 15.9. The molecule has 3 heteroatoms. The molecule has 0 bridgehead atoms. The summed E-state index contributed by atoms with van der Waals surface area (Å²) in [6.07, 6.45) is 16.3. The average molecular weight is 377 g/mol. The van der Waals surface area contributed by atoms with Gasteiger partial charge in [0.25, 0.3) is 0 Å². The molecule has 0 aliphatic carbocycles. The minimum absolute atomic E-state index is 1.07. The van der Waals surface area contributed by atoms with Gasteiger partial charge in [0.1, 0.15) is 5.82 Å². The van der Waals surface area contributed by atoms with E-state index in [4.69, 9.17) is 0 Å². The summed E-state index contributed by atoms with van der Waals surface area (Å²) >= 11 is 3.49. The number of benzene rings is 1. The maximum atomic E-state index is 4.52. The van der Waals surface area contributed by atoms with Crippen LogP contribution in [0.3, 0.4) is 0 Å². The summed E-state index contributed by atoms with van der Waals surface area (Å²) in [4.78, 5) is 4.52. The number of nitrogens with zero attached hydrogens (tertiary/aromatic N) is 2. The molecule has 23 heavy (non-hydrogen) atoms. The van der Waals surface area contributed by atoms with E-state index in [2.05, 4.69) is 62.9 Å². The summed E-state index contributed by atoms with van der Waals surface area (Å²) in [5, 5.41) is 0. The Labute approximate surface area is 149 Å². The van der Waals surface area contributed by atoms with Gasteiger partial charge >= 0.3 is 0 Å². The van der Waals surface area contributed by atoms with Crippen LogP contribution in [0, 0.1) is 0 Å². The molecule has 126 valence electrons. The lowest BCUT2D eigenvalue weighted by Crippen LogP contribution is -1.99. The van der Waals surface area contributed by atoms with E-state index in [0.717, 1.165) is 16.8 Å². The predicted molar refractivity (Wildman–Crippen MR) is 103 cm³/mol. The highest BCUT2D eigenvalue weighted by Gasteiger charge is 2.05. The van der Waals surface area contributed by atoms with Crippen LogP contribution < -0.4 is 0 Å². The maximum absolute atomic E-state index is 4.52. The average Bonchev–Trinajstić information content (AvgIpc) is 3.02. The van der Waals surface area contributed by atoms with Crippen LogP contribution in [-0.2, 0) is 6.54 Å². The van der Waals surface area contributed by atoms with Gasteiger partial charge in [-0.25, -0.2) is 4.98 Å². The minimum Gasteiger partial charge on any atom is -0.331 e. The standard InChI is InChI=1S/C20H29BrN2/c1-2-3-4-5-6-7-8-9-10-16-23-17-15-22-20(23)18-11-13-19(21)14-12-18/h11-15,17H,2-10,16H2,1H3. The summed E-state index contributed by atoms with van der Waals surface area (Å²) in [5.41, 5.74) is 1.19. The summed E-state index contributed by atoms with van der Waals surface area (Å²) in [7, 11) is 0. The van der Waals surface area contributed by atoms with Crippen LogP contribution in [0.5, 0.6) is 0 Å². The fraction of sp³-hybridized carbons (Fsp3) is 0.550. The van der Waals surface area contributed by atoms with E-state index in [1.54, 1.807) is 0 Å². The molecule has 0 amide bonds. The highest BCUT2D eigenvalue weighted by Crippen LogP contribution is 2.21. The maximum Gasteiger partial charge on any atom is 0.139 e. The molecule has 1 heterocycles. The van der Waals surface area contributed by atoms with E-state index in [9.17, 15) is 0 Å². The molecular formula is C20H29BrN2. The lowest BCUT2D eigenvalue weighted by molar-refractivity contribution is 0.540. The van der Waals surface area contributed by atoms with Gasteiger partial charge in [-0.1, -0.05) is 86.4 Å². The van der Waals surface area contributed by atoms with Gasteiger partial charge in [-0.2, -0.15) is 0 Å². The molecule has 1 aromatic heterocycles. The van der Waals surface area contributed by atoms with Crippen molar-refractivity contribution in [2.45, 2.75) is 71.3 Å². The Morgan fingerprint density at radius 3 is 2.13 bits per heavy atom.